The Kier molecular flexibility index (Phi) is 7.09. The predicted molar refractivity (Wildman–Crippen MR) is 105 cm³/mol. The summed E-state index contributed by atoms with van der Waals surface area (Å²) >= 11 is 0. The Balaban J connectivity index is 1.31. The highest BCUT2D eigenvalue weighted by atomic mass is 16.6. The van der Waals surface area contributed by atoms with Gasteiger partial charge < -0.3 is 18.9 Å². The largest absolute Gasteiger partial charge is 0.493 e. The molecule has 30 heavy (non-hydrogen) atoms. The fraction of sp³-hybridized carbons (Fsp3) is 0.286. The maximum absolute atomic E-state index is 12.1. The molecule has 9 nitrogen and oxygen atoms in total. The second-order valence-electron chi connectivity index (χ2n) is 6.43. The molecule has 0 saturated heterocycles. The number of hydrogen-bond acceptors (Lipinski definition) is 7. The first-order valence-corrected chi connectivity index (χ1v) is 9.34. The third-order valence-corrected chi connectivity index (χ3v) is 4.15. The van der Waals surface area contributed by atoms with E-state index in [9.17, 15) is 14.4 Å². The Morgan fingerprint density at radius 3 is 2.57 bits per heavy atom. The first-order valence-electron chi connectivity index (χ1n) is 9.34. The van der Waals surface area contributed by atoms with Crippen molar-refractivity contribution in [1.82, 2.24) is 10.9 Å². The van der Waals surface area contributed by atoms with E-state index in [1.54, 1.807) is 30.3 Å². The van der Waals surface area contributed by atoms with Crippen molar-refractivity contribution >= 4 is 17.8 Å². The molecule has 0 aromatic heterocycles. The number of hydrazine groups is 1. The van der Waals surface area contributed by atoms with E-state index in [-0.39, 0.29) is 19.6 Å². The summed E-state index contributed by atoms with van der Waals surface area (Å²) < 4.78 is 21.3. The van der Waals surface area contributed by atoms with Gasteiger partial charge in [0.15, 0.2) is 18.1 Å². The molecule has 1 aliphatic rings. The first kappa shape index (κ1) is 21.0. The van der Waals surface area contributed by atoms with Crippen LogP contribution in [0.25, 0.3) is 0 Å². The van der Waals surface area contributed by atoms with Crippen LogP contribution in [0.1, 0.15) is 12.0 Å². The molecule has 3 rings (SSSR count). The molecule has 1 atom stereocenters. The summed E-state index contributed by atoms with van der Waals surface area (Å²) in [5.74, 6) is -0.196. The highest BCUT2D eigenvalue weighted by molar-refractivity contribution is 5.86. The second kappa shape index (κ2) is 10.1. The maximum Gasteiger partial charge on any atom is 0.309 e. The van der Waals surface area contributed by atoms with E-state index in [4.69, 9.17) is 18.9 Å². The monoisotopic (exact) mass is 414 g/mol. The van der Waals surface area contributed by atoms with Crippen LogP contribution in [0.4, 0.5) is 0 Å². The summed E-state index contributed by atoms with van der Waals surface area (Å²) in [5, 5.41) is 0. The van der Waals surface area contributed by atoms with Crippen LogP contribution in [0.2, 0.25) is 0 Å². The van der Waals surface area contributed by atoms with Crippen LogP contribution in [0.15, 0.2) is 48.5 Å². The van der Waals surface area contributed by atoms with Gasteiger partial charge in [-0.15, -0.1) is 0 Å². The summed E-state index contributed by atoms with van der Waals surface area (Å²) in [7, 11) is 0. The molecule has 0 saturated carbocycles. The quantitative estimate of drug-likeness (QED) is 0.519. The van der Waals surface area contributed by atoms with Gasteiger partial charge >= 0.3 is 5.97 Å². The predicted octanol–water partition coefficient (Wildman–Crippen LogP) is 1.29. The second-order valence-corrected chi connectivity index (χ2v) is 6.43. The lowest BCUT2D eigenvalue weighted by Gasteiger charge is -2.25. The molecule has 158 valence electrons. The fourth-order valence-electron chi connectivity index (χ4n) is 2.58. The number of fused-ring (bicyclic) bond motifs is 1. The van der Waals surface area contributed by atoms with Gasteiger partial charge in [-0.2, -0.15) is 0 Å². The highest BCUT2D eigenvalue weighted by Gasteiger charge is 2.27. The molecule has 1 heterocycles. The zero-order valence-corrected chi connectivity index (χ0v) is 16.4. The van der Waals surface area contributed by atoms with Crippen molar-refractivity contribution in [3.05, 3.63) is 54.1 Å². The fourth-order valence-corrected chi connectivity index (χ4v) is 2.58. The smallest absolute Gasteiger partial charge is 0.309 e. The van der Waals surface area contributed by atoms with Crippen LogP contribution < -0.4 is 25.1 Å². The standard InChI is InChI=1S/C21H22N2O7/c1-14-6-2-3-7-15(14)27-11-10-20(25)29-13-19(24)22-23-21(26)18-12-28-16-8-4-5-9-17(16)30-18/h2-9,18H,10-13H2,1H3,(H,22,24)(H,23,26)/t18-/m0/s1. The van der Waals surface area contributed by atoms with E-state index in [0.717, 1.165) is 5.56 Å². The molecular formula is C21H22N2O7. The third kappa shape index (κ3) is 5.87. The number of rotatable bonds is 7. The molecule has 2 N–H and O–H groups in total. The topological polar surface area (TPSA) is 112 Å². The molecule has 0 radical (unpaired) electrons. The van der Waals surface area contributed by atoms with Crippen molar-refractivity contribution in [2.75, 3.05) is 19.8 Å². The van der Waals surface area contributed by atoms with Crippen molar-refractivity contribution < 1.29 is 33.3 Å². The third-order valence-electron chi connectivity index (χ3n) is 4.15. The minimum absolute atomic E-state index is 0.00852. The Morgan fingerprint density at radius 2 is 1.77 bits per heavy atom. The number of carbonyl (C=O) groups is 3. The Hall–Kier alpha value is -3.75. The molecular weight excluding hydrogens is 392 g/mol. The number of carbonyl (C=O) groups excluding carboxylic acids is 3. The Morgan fingerprint density at radius 1 is 1.03 bits per heavy atom. The number of para-hydroxylation sites is 3. The normalized spacial score (nSPS) is 14.4. The van der Waals surface area contributed by atoms with Gasteiger partial charge in [-0.25, -0.2) is 0 Å². The van der Waals surface area contributed by atoms with Gasteiger partial charge in [-0.05, 0) is 30.7 Å². The van der Waals surface area contributed by atoms with Gasteiger partial charge in [0.2, 0.25) is 6.10 Å². The first-order chi connectivity index (χ1) is 14.5. The van der Waals surface area contributed by atoms with E-state index in [0.29, 0.717) is 17.2 Å². The van der Waals surface area contributed by atoms with E-state index < -0.39 is 30.5 Å². The lowest BCUT2D eigenvalue weighted by molar-refractivity contribution is -0.149. The van der Waals surface area contributed by atoms with Crippen LogP contribution in [0.5, 0.6) is 17.2 Å². The van der Waals surface area contributed by atoms with Crippen molar-refractivity contribution in [1.29, 1.82) is 0 Å². The van der Waals surface area contributed by atoms with Crippen molar-refractivity contribution in [3.63, 3.8) is 0 Å². The number of aryl methyl sites for hydroxylation is 1. The molecule has 0 fully saturated rings. The Bertz CT molecular complexity index is 916. The molecule has 1 aliphatic heterocycles. The average molecular weight is 414 g/mol. The number of esters is 1. The maximum atomic E-state index is 12.1. The zero-order chi connectivity index (χ0) is 21.3. The summed E-state index contributed by atoms with van der Waals surface area (Å²) in [4.78, 5) is 35.6. The molecule has 2 aromatic carbocycles. The van der Waals surface area contributed by atoms with E-state index in [2.05, 4.69) is 10.9 Å². The van der Waals surface area contributed by atoms with E-state index >= 15 is 0 Å². The SMILES string of the molecule is Cc1ccccc1OCCC(=O)OCC(=O)NNC(=O)[C@@H]1COc2ccccc2O1. The lowest BCUT2D eigenvalue weighted by Crippen LogP contribution is -2.51. The summed E-state index contributed by atoms with van der Waals surface area (Å²) in [6, 6.07) is 14.4. The van der Waals surface area contributed by atoms with Crippen molar-refractivity contribution in [2.45, 2.75) is 19.4 Å². The van der Waals surface area contributed by atoms with Crippen LogP contribution in [-0.4, -0.2) is 43.7 Å². The van der Waals surface area contributed by atoms with Gasteiger partial charge in [0.1, 0.15) is 12.4 Å². The van der Waals surface area contributed by atoms with E-state index in [1.165, 1.54) is 0 Å². The van der Waals surface area contributed by atoms with Crippen molar-refractivity contribution in [3.8, 4) is 17.2 Å². The molecule has 9 heteroatoms. The molecule has 2 amide bonds. The van der Waals surface area contributed by atoms with Crippen molar-refractivity contribution in [2.24, 2.45) is 0 Å². The van der Waals surface area contributed by atoms with Gasteiger partial charge in [-0.3, -0.25) is 25.2 Å². The number of nitrogens with one attached hydrogen (secondary N) is 2. The van der Waals surface area contributed by atoms with Gasteiger partial charge in [-0.1, -0.05) is 30.3 Å². The van der Waals surface area contributed by atoms with Gasteiger partial charge in [0.25, 0.3) is 11.8 Å². The molecule has 2 aromatic rings. The van der Waals surface area contributed by atoms with Crippen LogP contribution in [0.3, 0.4) is 0 Å². The van der Waals surface area contributed by atoms with Crippen LogP contribution in [0, 0.1) is 6.92 Å². The summed E-state index contributed by atoms with van der Waals surface area (Å²) in [5.41, 5.74) is 5.34. The minimum Gasteiger partial charge on any atom is -0.493 e. The highest BCUT2D eigenvalue weighted by Crippen LogP contribution is 2.30. The minimum atomic E-state index is -0.915. The molecule has 0 spiro atoms. The number of amides is 2. The number of hydrogen-bond donors (Lipinski definition) is 2. The average Bonchev–Trinajstić information content (AvgIpc) is 2.77. The zero-order valence-electron chi connectivity index (χ0n) is 16.4. The van der Waals surface area contributed by atoms with Gasteiger partial charge in [0.05, 0.1) is 13.0 Å². The summed E-state index contributed by atoms with van der Waals surface area (Å²) in [6.07, 6.45) is -0.929. The number of benzene rings is 2. The number of ether oxygens (including phenoxy) is 4. The summed E-state index contributed by atoms with van der Waals surface area (Å²) in [6.45, 7) is 1.50. The molecule has 0 aliphatic carbocycles. The van der Waals surface area contributed by atoms with E-state index in [1.807, 2.05) is 25.1 Å². The Labute approximate surface area is 173 Å². The van der Waals surface area contributed by atoms with Crippen LogP contribution >= 0.6 is 0 Å². The molecule has 0 unspecified atom stereocenters. The van der Waals surface area contributed by atoms with Crippen LogP contribution in [-0.2, 0) is 19.1 Å². The molecule has 0 bridgehead atoms. The van der Waals surface area contributed by atoms with Gasteiger partial charge in [0, 0.05) is 0 Å². The lowest BCUT2D eigenvalue weighted by atomic mass is 10.2.